The fourth-order valence-electron chi connectivity index (χ4n) is 6.58. The quantitative estimate of drug-likeness (QED) is 0.0541. The first-order valence-corrected chi connectivity index (χ1v) is 16.4. The standard InChI is InChI=1S/C25BF22.C13H11N2/c27-6-1(25(46,47)48)7(28)9(30)2(8(6)29)26(3-10(31)16(37)22(43)17(38)11(3)32,4-12(33)18(39)23(44)19(40)13(4)34)5-14(35)20(41)24(45)21(42)15(5)36;14-10-12-6-8-15(9-7-12)11-13-4-2-1-3-5-13/h;1-9H,11H2/q-1;+1. The number of hydrogen-bond donors (Lipinski definition) is 0. The van der Waals surface area contributed by atoms with E-state index in [2.05, 4.69) is 22.8 Å². The van der Waals surface area contributed by atoms with Crippen LogP contribution in [-0.2, 0) is 12.7 Å². The zero-order valence-electron chi connectivity index (χ0n) is 29.7. The summed E-state index contributed by atoms with van der Waals surface area (Å²) in [6, 6.07) is 16.0. The molecule has 0 aliphatic rings. The molecule has 6 rings (SSSR count). The molecule has 63 heavy (non-hydrogen) atoms. The second-order valence-electron chi connectivity index (χ2n) is 12.7. The second-order valence-corrected chi connectivity index (χ2v) is 12.7. The summed E-state index contributed by atoms with van der Waals surface area (Å²) < 4.78 is 325. The summed E-state index contributed by atoms with van der Waals surface area (Å²) in [5, 5.41) is 8.66. The van der Waals surface area contributed by atoms with Crippen molar-refractivity contribution in [2.45, 2.75) is 12.7 Å². The number of rotatable bonds is 6. The van der Waals surface area contributed by atoms with Crippen molar-refractivity contribution >= 4 is 28.0 Å². The molecule has 1 heterocycles. The van der Waals surface area contributed by atoms with Crippen LogP contribution in [0.4, 0.5) is 96.6 Å². The Hall–Kier alpha value is -6.74. The van der Waals surface area contributed by atoms with Gasteiger partial charge in [0.1, 0.15) is 58.2 Å². The molecule has 0 saturated carbocycles. The molecule has 0 aliphatic carbocycles. The van der Waals surface area contributed by atoms with Crippen LogP contribution in [0, 0.1) is 122 Å². The number of aromatic nitrogens is 1. The van der Waals surface area contributed by atoms with E-state index in [1.165, 1.54) is 5.56 Å². The van der Waals surface area contributed by atoms with Crippen LogP contribution < -0.4 is 26.4 Å². The van der Waals surface area contributed by atoms with Gasteiger partial charge >= 0.3 is 6.18 Å². The summed E-state index contributed by atoms with van der Waals surface area (Å²) in [5.41, 5.74) is -16.9. The van der Waals surface area contributed by atoms with E-state index in [0.29, 0.717) is 5.56 Å². The van der Waals surface area contributed by atoms with E-state index >= 15 is 35.1 Å². The van der Waals surface area contributed by atoms with Crippen LogP contribution in [0.3, 0.4) is 0 Å². The molecule has 0 radical (unpaired) electrons. The summed E-state index contributed by atoms with van der Waals surface area (Å²) in [4.78, 5) is 0. The number of hydrogen-bond acceptors (Lipinski definition) is 1. The summed E-state index contributed by atoms with van der Waals surface area (Å²) in [5.74, 6) is -71.3. The summed E-state index contributed by atoms with van der Waals surface area (Å²) >= 11 is 0. The Kier molecular flexibility index (Phi) is 12.9. The highest BCUT2D eigenvalue weighted by Gasteiger charge is 2.53. The first-order valence-electron chi connectivity index (χ1n) is 16.4. The van der Waals surface area contributed by atoms with Gasteiger partial charge in [-0.1, -0.05) is 30.3 Å². The van der Waals surface area contributed by atoms with Crippen LogP contribution in [0.25, 0.3) is 0 Å². The van der Waals surface area contributed by atoms with Crippen molar-refractivity contribution in [1.82, 2.24) is 0 Å². The largest absolute Gasteiger partial charge is 0.422 e. The second kappa shape index (κ2) is 17.2. The smallest absolute Gasteiger partial charge is 0.207 e. The van der Waals surface area contributed by atoms with E-state index in [1.807, 2.05) is 42.7 Å². The molecule has 0 fully saturated rings. The number of nitriles is 1. The van der Waals surface area contributed by atoms with E-state index in [-0.39, 0.29) is 0 Å². The minimum atomic E-state index is -7.46. The molecule has 0 aliphatic heterocycles. The average molecular weight is 924 g/mol. The maximum atomic E-state index is 15.6. The van der Waals surface area contributed by atoms with E-state index < -0.39 is 150 Å². The molecule has 0 N–H and O–H groups in total. The lowest BCUT2D eigenvalue weighted by molar-refractivity contribution is -0.688. The number of pyridine rings is 1. The zero-order chi connectivity index (χ0) is 47.4. The highest BCUT2D eigenvalue weighted by molar-refractivity contribution is 7.20. The van der Waals surface area contributed by atoms with Gasteiger partial charge < -0.3 is 0 Å². The first-order chi connectivity index (χ1) is 29.3. The van der Waals surface area contributed by atoms with E-state index in [4.69, 9.17) is 5.26 Å². The van der Waals surface area contributed by atoms with Gasteiger partial charge in [0.15, 0.2) is 82.9 Å². The molecule has 25 heteroatoms. The number of benzene rings is 5. The summed E-state index contributed by atoms with van der Waals surface area (Å²) in [7, 11) is 0. The third-order valence-corrected chi connectivity index (χ3v) is 9.27. The van der Waals surface area contributed by atoms with Gasteiger partial charge in [-0.15, -0.1) is 21.9 Å². The topological polar surface area (TPSA) is 27.7 Å². The molecular weight excluding hydrogens is 913 g/mol. The van der Waals surface area contributed by atoms with Gasteiger partial charge in [-0.3, -0.25) is 0 Å². The maximum absolute atomic E-state index is 15.6. The van der Waals surface area contributed by atoms with Gasteiger partial charge in [-0.25, -0.2) is 88.0 Å². The van der Waals surface area contributed by atoms with Gasteiger partial charge in [-0.2, -0.15) is 18.4 Å². The Morgan fingerprint density at radius 3 is 0.937 bits per heavy atom. The highest BCUT2D eigenvalue weighted by atomic mass is 19.4. The first kappa shape index (κ1) is 47.3. The maximum Gasteiger partial charge on any atom is 0.422 e. The third kappa shape index (κ3) is 7.64. The van der Waals surface area contributed by atoms with Crippen molar-refractivity contribution in [1.29, 1.82) is 5.26 Å². The van der Waals surface area contributed by atoms with E-state index in [9.17, 15) is 61.5 Å². The average Bonchev–Trinajstić information content (AvgIpc) is 3.24. The summed E-state index contributed by atoms with van der Waals surface area (Å²) in [6.45, 7) is 0.840. The lowest BCUT2D eigenvalue weighted by atomic mass is 9.12. The van der Waals surface area contributed by atoms with Crippen molar-refractivity contribution in [3.63, 3.8) is 0 Å². The van der Waals surface area contributed by atoms with Crippen molar-refractivity contribution in [3.8, 4) is 6.07 Å². The Balaban J connectivity index is 0.000000417. The van der Waals surface area contributed by atoms with Crippen LogP contribution in [0.15, 0.2) is 54.9 Å². The van der Waals surface area contributed by atoms with Crippen molar-refractivity contribution in [3.05, 3.63) is 182 Å². The van der Waals surface area contributed by atoms with Crippen molar-refractivity contribution in [2.24, 2.45) is 0 Å². The SMILES string of the molecule is Fc1c(F)c(F)c([B-](c2c(F)c(F)c(F)c(F)c2F)(c2c(F)c(F)c(F)c(F)c2F)c2c(F)c(F)c(C(F)(F)F)c(F)c2F)c(F)c1F.N#Cc1cc[n+](Cc2ccccc2)cc1. The molecule has 5 aromatic carbocycles. The molecule has 0 amide bonds. The lowest BCUT2D eigenvalue weighted by Gasteiger charge is -2.45. The highest BCUT2D eigenvalue weighted by Crippen LogP contribution is 2.37. The Bertz CT molecular complexity index is 2570. The fraction of sp³-hybridized carbons (Fsp3) is 0.0526. The van der Waals surface area contributed by atoms with Gasteiger partial charge in [-0.05, 0) is 0 Å². The van der Waals surface area contributed by atoms with Gasteiger partial charge in [0.25, 0.3) is 0 Å². The molecule has 0 unspecified atom stereocenters. The Morgan fingerprint density at radius 2 is 0.667 bits per heavy atom. The number of nitrogens with zero attached hydrogens (tertiary/aromatic N) is 2. The third-order valence-electron chi connectivity index (χ3n) is 9.27. The molecule has 1 aromatic heterocycles. The monoisotopic (exact) mass is 924 g/mol. The molecule has 6 aromatic rings. The van der Waals surface area contributed by atoms with Crippen LogP contribution in [-0.4, -0.2) is 6.15 Å². The molecule has 2 nitrogen and oxygen atoms in total. The van der Waals surface area contributed by atoms with E-state index in [1.54, 1.807) is 0 Å². The minimum absolute atomic E-state index is 0.694. The predicted molar refractivity (Wildman–Crippen MR) is 171 cm³/mol. The molecular formula is C38H11BF22N2. The molecule has 0 atom stereocenters. The zero-order valence-corrected chi connectivity index (χ0v) is 29.7. The van der Waals surface area contributed by atoms with Crippen LogP contribution >= 0.6 is 0 Å². The molecule has 0 bridgehead atoms. The molecule has 0 spiro atoms. The lowest BCUT2D eigenvalue weighted by Crippen LogP contribution is -2.81. The summed E-state index contributed by atoms with van der Waals surface area (Å²) in [6.07, 6.45) is -10.2. The Morgan fingerprint density at radius 1 is 0.397 bits per heavy atom. The minimum Gasteiger partial charge on any atom is -0.207 e. The van der Waals surface area contributed by atoms with Crippen LogP contribution in [0.5, 0.6) is 0 Å². The number of alkyl halides is 3. The normalized spacial score (nSPS) is 11.7. The predicted octanol–water partition coefficient (Wildman–Crippen LogP) is 8.62. The Labute approximate surface area is 335 Å². The van der Waals surface area contributed by atoms with Crippen LogP contribution in [0.1, 0.15) is 16.7 Å². The van der Waals surface area contributed by atoms with Gasteiger partial charge in [0.05, 0.1) is 11.6 Å². The number of halogens is 22. The van der Waals surface area contributed by atoms with Crippen molar-refractivity contribution < 1.29 is 101 Å². The van der Waals surface area contributed by atoms with Crippen LogP contribution in [0.2, 0.25) is 0 Å². The van der Waals surface area contributed by atoms with E-state index in [0.717, 1.165) is 6.54 Å². The van der Waals surface area contributed by atoms with Gasteiger partial charge in [0.2, 0.25) is 0 Å². The van der Waals surface area contributed by atoms with Gasteiger partial charge in [0, 0.05) is 17.7 Å². The fourth-order valence-corrected chi connectivity index (χ4v) is 6.58. The molecule has 330 valence electrons. The van der Waals surface area contributed by atoms with Crippen molar-refractivity contribution in [2.75, 3.05) is 0 Å². The molecule has 0 saturated heterocycles.